The highest BCUT2D eigenvalue weighted by Crippen LogP contribution is 2.21. The lowest BCUT2D eigenvalue weighted by Gasteiger charge is -2.31. The number of urea groups is 1. The minimum atomic E-state index is -1.11. The molecule has 0 aliphatic carbocycles. The number of ether oxygens (including phenoxy) is 1. The maximum absolute atomic E-state index is 12.6. The number of esters is 1. The lowest BCUT2D eigenvalue weighted by Crippen LogP contribution is -2.44. The molecule has 0 bridgehead atoms. The average molecular weight is 361 g/mol. The molecule has 0 radical (unpaired) electrons. The smallest absolute Gasteiger partial charge is 0.318 e. The van der Waals surface area contributed by atoms with Crippen molar-refractivity contribution in [1.29, 1.82) is 0 Å². The first-order valence-corrected chi connectivity index (χ1v) is 8.45. The van der Waals surface area contributed by atoms with Gasteiger partial charge in [-0.15, -0.1) is 0 Å². The number of primary amides is 1. The standard InChI is InChI=1S/C18H23N3O5/c1-11-5-3-4-6-14(11)16(23)21-9-7-13(8-10-21)17(24)26-12(2)15(22)20-18(19)25/h3-6,12-13H,7-10H2,1-2H3,(H3,19,20,22,25)/t12-/m1/s1. The number of hydrogen-bond donors (Lipinski definition) is 2. The fraction of sp³-hybridized carbons (Fsp3) is 0.444. The van der Waals surface area contributed by atoms with E-state index in [0.29, 0.717) is 31.5 Å². The second-order valence-electron chi connectivity index (χ2n) is 6.31. The summed E-state index contributed by atoms with van der Waals surface area (Å²) in [5.74, 6) is -1.72. The van der Waals surface area contributed by atoms with Gasteiger partial charge in [-0.25, -0.2) is 4.79 Å². The van der Waals surface area contributed by atoms with E-state index in [4.69, 9.17) is 10.5 Å². The summed E-state index contributed by atoms with van der Waals surface area (Å²) in [5, 5.41) is 1.87. The molecule has 1 aliphatic heterocycles. The van der Waals surface area contributed by atoms with Crippen LogP contribution in [0.3, 0.4) is 0 Å². The van der Waals surface area contributed by atoms with E-state index in [1.54, 1.807) is 11.0 Å². The third-order valence-electron chi connectivity index (χ3n) is 4.40. The van der Waals surface area contributed by atoms with Crippen molar-refractivity contribution >= 4 is 23.8 Å². The Hall–Kier alpha value is -2.90. The van der Waals surface area contributed by atoms with E-state index in [0.717, 1.165) is 5.56 Å². The second-order valence-corrected chi connectivity index (χ2v) is 6.31. The minimum absolute atomic E-state index is 0.0517. The van der Waals surface area contributed by atoms with E-state index < -0.39 is 24.0 Å². The Kier molecular flexibility index (Phi) is 6.32. The predicted molar refractivity (Wildman–Crippen MR) is 93.1 cm³/mol. The van der Waals surface area contributed by atoms with Gasteiger partial charge in [-0.2, -0.15) is 0 Å². The molecule has 1 atom stereocenters. The quantitative estimate of drug-likeness (QED) is 0.775. The molecule has 0 unspecified atom stereocenters. The summed E-state index contributed by atoms with van der Waals surface area (Å²) < 4.78 is 5.09. The first kappa shape index (κ1) is 19.4. The Bertz CT molecular complexity index is 711. The van der Waals surface area contributed by atoms with Crippen LogP contribution in [0.2, 0.25) is 0 Å². The van der Waals surface area contributed by atoms with Crippen LogP contribution >= 0.6 is 0 Å². The van der Waals surface area contributed by atoms with Gasteiger partial charge in [0.1, 0.15) is 0 Å². The van der Waals surface area contributed by atoms with Crippen molar-refractivity contribution in [1.82, 2.24) is 10.2 Å². The van der Waals surface area contributed by atoms with Crippen LogP contribution in [0.4, 0.5) is 4.79 Å². The van der Waals surface area contributed by atoms with Gasteiger partial charge in [-0.05, 0) is 38.3 Å². The molecule has 4 amide bonds. The van der Waals surface area contributed by atoms with Gasteiger partial charge in [0, 0.05) is 18.7 Å². The summed E-state index contributed by atoms with van der Waals surface area (Å²) in [4.78, 5) is 48.7. The van der Waals surface area contributed by atoms with Crippen LogP contribution in [0.15, 0.2) is 24.3 Å². The summed E-state index contributed by atoms with van der Waals surface area (Å²) in [6, 6.07) is 6.38. The predicted octanol–water partition coefficient (Wildman–Crippen LogP) is 0.974. The fourth-order valence-corrected chi connectivity index (χ4v) is 2.85. The van der Waals surface area contributed by atoms with E-state index in [-0.39, 0.29) is 11.8 Å². The van der Waals surface area contributed by atoms with Crippen LogP contribution in [-0.2, 0) is 14.3 Å². The van der Waals surface area contributed by atoms with Gasteiger partial charge in [0.15, 0.2) is 6.10 Å². The Labute approximate surface area is 151 Å². The number of piperidine rings is 1. The molecule has 140 valence electrons. The van der Waals surface area contributed by atoms with Crippen LogP contribution in [0.5, 0.6) is 0 Å². The van der Waals surface area contributed by atoms with Crippen molar-refractivity contribution in [3.63, 3.8) is 0 Å². The maximum atomic E-state index is 12.6. The summed E-state index contributed by atoms with van der Waals surface area (Å²) in [6.07, 6.45) is -0.192. The summed E-state index contributed by atoms with van der Waals surface area (Å²) in [5.41, 5.74) is 6.43. The third kappa shape index (κ3) is 4.81. The highest BCUT2D eigenvalue weighted by molar-refractivity contribution is 5.97. The monoisotopic (exact) mass is 361 g/mol. The lowest BCUT2D eigenvalue weighted by molar-refractivity contribution is -0.159. The van der Waals surface area contributed by atoms with Gasteiger partial charge in [0.2, 0.25) is 0 Å². The number of rotatable bonds is 4. The van der Waals surface area contributed by atoms with Crippen molar-refractivity contribution in [2.45, 2.75) is 32.8 Å². The normalized spacial score (nSPS) is 15.8. The third-order valence-corrected chi connectivity index (χ3v) is 4.40. The van der Waals surface area contributed by atoms with Crippen LogP contribution < -0.4 is 11.1 Å². The molecular weight excluding hydrogens is 338 g/mol. The number of imide groups is 1. The number of nitrogens with one attached hydrogen (secondary N) is 1. The Morgan fingerprint density at radius 2 is 1.81 bits per heavy atom. The van der Waals surface area contributed by atoms with Crippen LogP contribution in [-0.4, -0.2) is 47.9 Å². The van der Waals surface area contributed by atoms with Gasteiger partial charge in [-0.1, -0.05) is 18.2 Å². The van der Waals surface area contributed by atoms with E-state index in [1.165, 1.54) is 6.92 Å². The highest BCUT2D eigenvalue weighted by atomic mass is 16.5. The van der Waals surface area contributed by atoms with Gasteiger partial charge < -0.3 is 15.4 Å². The molecule has 1 heterocycles. The molecule has 0 aromatic heterocycles. The topological polar surface area (TPSA) is 119 Å². The van der Waals surface area contributed by atoms with Gasteiger partial charge in [0.05, 0.1) is 5.92 Å². The van der Waals surface area contributed by atoms with E-state index >= 15 is 0 Å². The first-order valence-electron chi connectivity index (χ1n) is 8.45. The first-order chi connectivity index (χ1) is 12.3. The zero-order valence-electron chi connectivity index (χ0n) is 14.9. The molecular formula is C18H23N3O5. The van der Waals surface area contributed by atoms with E-state index in [1.807, 2.05) is 30.4 Å². The molecule has 0 spiro atoms. The van der Waals surface area contributed by atoms with Gasteiger partial charge >= 0.3 is 12.0 Å². The van der Waals surface area contributed by atoms with E-state index in [9.17, 15) is 19.2 Å². The molecule has 8 nitrogen and oxygen atoms in total. The van der Waals surface area contributed by atoms with Crippen molar-refractivity contribution in [3.05, 3.63) is 35.4 Å². The number of benzene rings is 1. The molecule has 1 aliphatic rings. The number of hydrogen-bond acceptors (Lipinski definition) is 5. The second kappa shape index (κ2) is 8.46. The summed E-state index contributed by atoms with van der Waals surface area (Å²) >= 11 is 0. The summed E-state index contributed by atoms with van der Waals surface area (Å²) in [6.45, 7) is 4.13. The molecule has 1 fully saturated rings. The van der Waals surface area contributed by atoms with Crippen molar-refractivity contribution in [2.24, 2.45) is 11.7 Å². The highest BCUT2D eigenvalue weighted by Gasteiger charge is 2.31. The molecule has 1 aromatic carbocycles. The molecule has 26 heavy (non-hydrogen) atoms. The summed E-state index contributed by atoms with van der Waals surface area (Å²) in [7, 11) is 0. The molecule has 8 heteroatoms. The Morgan fingerprint density at radius 1 is 1.19 bits per heavy atom. The molecule has 3 N–H and O–H groups in total. The number of carbonyl (C=O) groups is 4. The SMILES string of the molecule is Cc1ccccc1C(=O)N1CCC(C(=O)O[C@H](C)C(=O)NC(N)=O)CC1. The zero-order chi connectivity index (χ0) is 19.3. The number of nitrogens with zero attached hydrogens (tertiary/aromatic N) is 1. The molecule has 0 saturated carbocycles. The number of nitrogens with two attached hydrogens (primary N) is 1. The van der Waals surface area contributed by atoms with Crippen LogP contribution in [0.1, 0.15) is 35.7 Å². The van der Waals surface area contributed by atoms with Crippen molar-refractivity contribution < 1.29 is 23.9 Å². The van der Waals surface area contributed by atoms with Crippen LogP contribution in [0, 0.1) is 12.8 Å². The lowest BCUT2D eigenvalue weighted by atomic mass is 9.96. The zero-order valence-corrected chi connectivity index (χ0v) is 14.9. The van der Waals surface area contributed by atoms with Crippen molar-refractivity contribution in [2.75, 3.05) is 13.1 Å². The Balaban J connectivity index is 1.87. The van der Waals surface area contributed by atoms with E-state index in [2.05, 4.69) is 0 Å². The maximum Gasteiger partial charge on any atom is 0.318 e. The minimum Gasteiger partial charge on any atom is -0.452 e. The molecule has 1 saturated heterocycles. The number of carbonyl (C=O) groups excluding carboxylic acids is 4. The van der Waals surface area contributed by atoms with Crippen molar-refractivity contribution in [3.8, 4) is 0 Å². The van der Waals surface area contributed by atoms with Gasteiger partial charge in [-0.3, -0.25) is 19.7 Å². The largest absolute Gasteiger partial charge is 0.452 e. The fourth-order valence-electron chi connectivity index (χ4n) is 2.85. The number of likely N-dealkylation sites (tertiary alicyclic amines) is 1. The molecule has 2 rings (SSSR count). The van der Waals surface area contributed by atoms with Gasteiger partial charge in [0.25, 0.3) is 11.8 Å². The molecule has 1 aromatic rings. The average Bonchev–Trinajstić information content (AvgIpc) is 2.61. The number of amides is 4. The number of aryl methyl sites for hydroxylation is 1. The van der Waals surface area contributed by atoms with Crippen LogP contribution in [0.25, 0.3) is 0 Å². The Morgan fingerprint density at radius 3 is 2.38 bits per heavy atom.